The lowest BCUT2D eigenvalue weighted by Gasteiger charge is -2.40. The predicted octanol–water partition coefficient (Wildman–Crippen LogP) is 3.59. The van der Waals surface area contributed by atoms with Gasteiger partial charge in [-0.3, -0.25) is 0 Å². The Morgan fingerprint density at radius 2 is 2.06 bits per heavy atom. The van der Waals surface area contributed by atoms with E-state index in [4.69, 9.17) is 4.74 Å². The Morgan fingerprint density at radius 3 is 2.65 bits per heavy atom. The van der Waals surface area contributed by atoms with Crippen LogP contribution in [0.4, 0.5) is 5.69 Å². The maximum Gasteiger partial charge on any atom is 0.0825 e. The summed E-state index contributed by atoms with van der Waals surface area (Å²) in [6.07, 6.45) is 2.35. The molecule has 0 bridgehead atoms. The molecule has 0 aliphatic carbocycles. The minimum atomic E-state index is 0.00629. The number of piperidine rings is 1. The highest BCUT2D eigenvalue weighted by atomic mass is 79.9. The summed E-state index contributed by atoms with van der Waals surface area (Å²) in [5.41, 5.74) is 2.63. The SMILES string of the molecule is COC1(C)CCCN(c2ccc(CBr)cc2)C1. The zero-order chi connectivity index (χ0) is 12.3. The van der Waals surface area contributed by atoms with Crippen LogP contribution < -0.4 is 4.90 Å². The number of nitrogens with zero attached hydrogens (tertiary/aromatic N) is 1. The van der Waals surface area contributed by atoms with E-state index in [0.29, 0.717) is 0 Å². The maximum absolute atomic E-state index is 5.63. The molecule has 2 nitrogen and oxygen atoms in total. The molecule has 94 valence electrons. The van der Waals surface area contributed by atoms with Gasteiger partial charge in [0, 0.05) is 31.2 Å². The standard InChI is InChI=1S/C14H20BrNO/c1-14(17-2)8-3-9-16(11-14)13-6-4-12(10-15)5-7-13/h4-7H,3,8-11H2,1-2H3. The molecule has 1 unspecified atom stereocenters. The van der Waals surface area contributed by atoms with E-state index in [2.05, 4.69) is 52.0 Å². The van der Waals surface area contributed by atoms with E-state index >= 15 is 0 Å². The lowest BCUT2D eigenvalue weighted by Crippen LogP contribution is -2.47. The summed E-state index contributed by atoms with van der Waals surface area (Å²) in [7, 11) is 1.82. The zero-order valence-corrected chi connectivity index (χ0v) is 12.2. The number of hydrogen-bond acceptors (Lipinski definition) is 2. The molecule has 0 spiro atoms. The van der Waals surface area contributed by atoms with Gasteiger partial charge in [-0.1, -0.05) is 28.1 Å². The summed E-state index contributed by atoms with van der Waals surface area (Å²) >= 11 is 3.47. The van der Waals surface area contributed by atoms with Gasteiger partial charge in [-0.05, 0) is 37.5 Å². The zero-order valence-electron chi connectivity index (χ0n) is 10.6. The van der Waals surface area contributed by atoms with Crippen molar-refractivity contribution in [2.24, 2.45) is 0 Å². The van der Waals surface area contributed by atoms with Crippen LogP contribution in [0.3, 0.4) is 0 Å². The summed E-state index contributed by atoms with van der Waals surface area (Å²) in [6.45, 7) is 4.32. The molecule has 0 radical (unpaired) electrons. The number of rotatable bonds is 3. The average Bonchev–Trinajstić information content (AvgIpc) is 2.39. The molecule has 1 aliphatic heterocycles. The van der Waals surface area contributed by atoms with E-state index < -0.39 is 0 Å². The van der Waals surface area contributed by atoms with Crippen molar-refractivity contribution < 1.29 is 4.74 Å². The van der Waals surface area contributed by atoms with Crippen LogP contribution in [0.15, 0.2) is 24.3 Å². The van der Waals surface area contributed by atoms with E-state index in [-0.39, 0.29) is 5.60 Å². The third-order valence-corrected chi connectivity index (χ3v) is 4.26. The van der Waals surface area contributed by atoms with Gasteiger partial charge in [0.05, 0.1) is 5.60 Å². The van der Waals surface area contributed by atoms with Crippen molar-refractivity contribution in [2.75, 3.05) is 25.1 Å². The highest BCUT2D eigenvalue weighted by molar-refractivity contribution is 9.08. The third-order valence-electron chi connectivity index (χ3n) is 3.61. The third kappa shape index (κ3) is 3.02. The molecule has 1 aromatic rings. The Hall–Kier alpha value is -0.540. The summed E-state index contributed by atoms with van der Waals surface area (Å²) in [5.74, 6) is 0. The largest absolute Gasteiger partial charge is 0.377 e. The highest BCUT2D eigenvalue weighted by Crippen LogP contribution is 2.28. The Balaban J connectivity index is 2.10. The second-order valence-electron chi connectivity index (χ2n) is 4.98. The minimum Gasteiger partial charge on any atom is -0.377 e. The molecule has 1 heterocycles. The van der Waals surface area contributed by atoms with Crippen molar-refractivity contribution in [1.82, 2.24) is 0 Å². The summed E-state index contributed by atoms with van der Waals surface area (Å²) in [5, 5.41) is 0.920. The van der Waals surface area contributed by atoms with Crippen LogP contribution in [-0.2, 0) is 10.1 Å². The van der Waals surface area contributed by atoms with E-state index in [1.54, 1.807) is 0 Å². The number of methoxy groups -OCH3 is 1. The highest BCUT2D eigenvalue weighted by Gasteiger charge is 2.30. The van der Waals surface area contributed by atoms with E-state index in [1.165, 1.54) is 17.7 Å². The molecule has 1 saturated heterocycles. The number of halogens is 1. The number of ether oxygens (including phenoxy) is 1. The van der Waals surface area contributed by atoms with Crippen LogP contribution in [0.5, 0.6) is 0 Å². The molecule has 1 aliphatic rings. The molecule has 0 saturated carbocycles. The minimum absolute atomic E-state index is 0.00629. The molecular weight excluding hydrogens is 278 g/mol. The normalized spacial score (nSPS) is 25.0. The smallest absolute Gasteiger partial charge is 0.0825 e. The summed E-state index contributed by atoms with van der Waals surface area (Å²) in [6, 6.07) is 8.78. The average molecular weight is 298 g/mol. The van der Waals surface area contributed by atoms with Gasteiger partial charge in [0.25, 0.3) is 0 Å². The summed E-state index contributed by atoms with van der Waals surface area (Å²) in [4.78, 5) is 2.42. The molecule has 3 heteroatoms. The molecule has 0 N–H and O–H groups in total. The second-order valence-corrected chi connectivity index (χ2v) is 5.54. The number of anilines is 1. The predicted molar refractivity (Wildman–Crippen MR) is 75.9 cm³/mol. The molecule has 1 fully saturated rings. The van der Waals surface area contributed by atoms with Gasteiger partial charge in [-0.2, -0.15) is 0 Å². The fourth-order valence-electron chi connectivity index (χ4n) is 2.39. The van der Waals surface area contributed by atoms with Gasteiger partial charge < -0.3 is 9.64 Å². The van der Waals surface area contributed by atoms with E-state index in [9.17, 15) is 0 Å². The van der Waals surface area contributed by atoms with Crippen LogP contribution >= 0.6 is 15.9 Å². The van der Waals surface area contributed by atoms with Gasteiger partial charge in [-0.15, -0.1) is 0 Å². The quantitative estimate of drug-likeness (QED) is 0.791. The van der Waals surface area contributed by atoms with Gasteiger partial charge >= 0.3 is 0 Å². The van der Waals surface area contributed by atoms with E-state index in [1.807, 2.05) is 7.11 Å². The van der Waals surface area contributed by atoms with Crippen molar-refractivity contribution in [3.63, 3.8) is 0 Å². The van der Waals surface area contributed by atoms with Gasteiger partial charge in [0.1, 0.15) is 0 Å². The Labute approximate surface area is 112 Å². The maximum atomic E-state index is 5.63. The van der Waals surface area contributed by atoms with Crippen LogP contribution in [0.25, 0.3) is 0 Å². The topological polar surface area (TPSA) is 12.5 Å². The van der Waals surface area contributed by atoms with Crippen molar-refractivity contribution >= 4 is 21.6 Å². The second kappa shape index (κ2) is 5.40. The van der Waals surface area contributed by atoms with Crippen molar-refractivity contribution in [2.45, 2.75) is 30.7 Å². The monoisotopic (exact) mass is 297 g/mol. The van der Waals surface area contributed by atoms with Gasteiger partial charge in [0.15, 0.2) is 0 Å². The summed E-state index contributed by atoms with van der Waals surface area (Å²) < 4.78 is 5.63. The van der Waals surface area contributed by atoms with E-state index in [0.717, 1.165) is 24.8 Å². The van der Waals surface area contributed by atoms with Crippen LogP contribution in [0.2, 0.25) is 0 Å². The fraction of sp³-hybridized carbons (Fsp3) is 0.571. The molecule has 0 amide bonds. The first-order chi connectivity index (χ1) is 8.17. The first-order valence-electron chi connectivity index (χ1n) is 6.12. The molecule has 1 aromatic carbocycles. The van der Waals surface area contributed by atoms with Crippen LogP contribution in [-0.4, -0.2) is 25.8 Å². The van der Waals surface area contributed by atoms with Crippen LogP contribution in [0.1, 0.15) is 25.3 Å². The van der Waals surface area contributed by atoms with Crippen molar-refractivity contribution in [3.05, 3.63) is 29.8 Å². The lowest BCUT2D eigenvalue weighted by molar-refractivity contribution is -0.00465. The number of hydrogen-bond donors (Lipinski definition) is 0. The Morgan fingerprint density at radius 1 is 1.35 bits per heavy atom. The molecule has 1 atom stereocenters. The fourth-order valence-corrected chi connectivity index (χ4v) is 2.76. The van der Waals surface area contributed by atoms with Gasteiger partial charge in [-0.25, -0.2) is 0 Å². The van der Waals surface area contributed by atoms with Gasteiger partial charge in [0.2, 0.25) is 0 Å². The first kappa shape index (κ1) is 12.9. The first-order valence-corrected chi connectivity index (χ1v) is 7.24. The number of benzene rings is 1. The molecule has 17 heavy (non-hydrogen) atoms. The Kier molecular flexibility index (Phi) is 4.10. The number of alkyl halides is 1. The van der Waals surface area contributed by atoms with Crippen molar-refractivity contribution in [3.8, 4) is 0 Å². The van der Waals surface area contributed by atoms with Crippen LogP contribution in [0, 0.1) is 0 Å². The molecule has 0 aromatic heterocycles. The molecule has 2 rings (SSSR count). The van der Waals surface area contributed by atoms with Crippen molar-refractivity contribution in [1.29, 1.82) is 0 Å². The Bertz CT molecular complexity index is 365. The molecular formula is C14H20BrNO. The lowest BCUT2D eigenvalue weighted by atomic mass is 9.94.